The topological polar surface area (TPSA) is 38.8 Å². The van der Waals surface area contributed by atoms with Gasteiger partial charge >= 0.3 is 0 Å². The van der Waals surface area contributed by atoms with Gasteiger partial charge in [0, 0.05) is 24.6 Å². The first kappa shape index (κ1) is 12.1. The fourth-order valence-electron chi connectivity index (χ4n) is 2.37. The summed E-state index contributed by atoms with van der Waals surface area (Å²) < 4.78 is 10.9. The molecule has 3 rings (SSSR count). The van der Waals surface area contributed by atoms with E-state index in [2.05, 4.69) is 0 Å². The van der Waals surface area contributed by atoms with Crippen LogP contribution in [-0.4, -0.2) is 43.7 Å². The van der Waals surface area contributed by atoms with E-state index in [9.17, 15) is 4.79 Å². The van der Waals surface area contributed by atoms with Crippen molar-refractivity contribution in [2.24, 2.45) is 0 Å². The lowest BCUT2D eigenvalue weighted by Crippen LogP contribution is -2.40. The summed E-state index contributed by atoms with van der Waals surface area (Å²) in [5, 5.41) is 0. The first-order valence-electron chi connectivity index (χ1n) is 6.43. The third kappa shape index (κ3) is 2.43. The number of hydrogen-bond acceptors (Lipinski definition) is 4. The van der Waals surface area contributed by atoms with Crippen molar-refractivity contribution >= 4 is 17.2 Å². The van der Waals surface area contributed by atoms with E-state index in [-0.39, 0.29) is 12.0 Å². The number of hydrogen-bond donors (Lipinski definition) is 0. The number of morpholine rings is 1. The smallest absolute Gasteiger partial charge is 0.264 e. The summed E-state index contributed by atoms with van der Waals surface area (Å²) in [5.74, 6) is 0.132. The highest BCUT2D eigenvalue weighted by molar-refractivity contribution is 7.14. The maximum absolute atomic E-state index is 12.3. The highest BCUT2D eigenvalue weighted by Gasteiger charge is 2.23. The molecule has 0 radical (unpaired) electrons. The summed E-state index contributed by atoms with van der Waals surface area (Å²) in [5.41, 5.74) is 0. The number of nitrogens with zero attached hydrogens (tertiary/aromatic N) is 1. The molecule has 0 bridgehead atoms. The molecule has 1 aromatic rings. The highest BCUT2D eigenvalue weighted by Crippen LogP contribution is 2.33. The molecule has 0 N–H and O–H groups in total. The molecular weight excluding hydrogens is 250 g/mol. The minimum Gasteiger partial charge on any atom is -0.378 e. The van der Waals surface area contributed by atoms with Crippen molar-refractivity contribution < 1.29 is 14.3 Å². The molecule has 4 nitrogen and oxygen atoms in total. The van der Waals surface area contributed by atoms with Crippen LogP contribution in [-0.2, 0) is 9.47 Å². The Balaban J connectivity index is 1.69. The molecule has 0 saturated carbocycles. The Bertz CT molecular complexity index is 420. The number of carbonyl (C=O) groups excluding carboxylic acids is 1. The van der Waals surface area contributed by atoms with Gasteiger partial charge in [0.05, 0.1) is 24.2 Å². The maximum atomic E-state index is 12.3. The molecule has 0 unspecified atom stereocenters. The van der Waals surface area contributed by atoms with Crippen molar-refractivity contribution in [2.45, 2.75) is 18.9 Å². The molecule has 3 heterocycles. The van der Waals surface area contributed by atoms with Gasteiger partial charge in [-0.2, -0.15) is 0 Å². The first-order chi connectivity index (χ1) is 8.84. The minimum absolute atomic E-state index is 0.132. The third-order valence-corrected chi connectivity index (χ3v) is 4.55. The lowest BCUT2D eigenvalue weighted by Gasteiger charge is -2.26. The summed E-state index contributed by atoms with van der Waals surface area (Å²) in [4.78, 5) is 16.1. The molecule has 5 heteroatoms. The monoisotopic (exact) mass is 267 g/mol. The van der Waals surface area contributed by atoms with Gasteiger partial charge < -0.3 is 14.4 Å². The van der Waals surface area contributed by atoms with Crippen LogP contribution in [0.5, 0.6) is 0 Å². The quantitative estimate of drug-likeness (QED) is 0.823. The van der Waals surface area contributed by atoms with Crippen molar-refractivity contribution in [3.8, 4) is 0 Å². The molecule has 0 aromatic carbocycles. The zero-order valence-electron chi connectivity index (χ0n) is 10.3. The van der Waals surface area contributed by atoms with Gasteiger partial charge in [-0.15, -0.1) is 11.3 Å². The Hall–Kier alpha value is -0.910. The summed E-state index contributed by atoms with van der Waals surface area (Å²) in [6, 6.07) is 3.97. The number of rotatable bonds is 2. The zero-order valence-corrected chi connectivity index (χ0v) is 11.1. The fourth-order valence-corrected chi connectivity index (χ4v) is 3.42. The van der Waals surface area contributed by atoms with E-state index in [1.54, 1.807) is 11.3 Å². The number of carbonyl (C=O) groups is 1. The molecule has 18 heavy (non-hydrogen) atoms. The van der Waals surface area contributed by atoms with Gasteiger partial charge in [0.25, 0.3) is 5.91 Å². The van der Waals surface area contributed by atoms with Gasteiger partial charge in [0.2, 0.25) is 0 Å². The molecule has 2 saturated heterocycles. The molecule has 0 aliphatic carbocycles. The summed E-state index contributed by atoms with van der Waals surface area (Å²) >= 11 is 1.57. The lowest BCUT2D eigenvalue weighted by atomic mass is 10.2. The van der Waals surface area contributed by atoms with Crippen LogP contribution >= 0.6 is 11.3 Å². The Morgan fingerprint density at radius 3 is 2.83 bits per heavy atom. The van der Waals surface area contributed by atoms with Crippen LogP contribution in [0.2, 0.25) is 0 Å². The average Bonchev–Trinajstić information content (AvgIpc) is 3.09. The first-order valence-corrected chi connectivity index (χ1v) is 7.24. The van der Waals surface area contributed by atoms with E-state index in [1.807, 2.05) is 17.0 Å². The SMILES string of the molecule is O=C(c1ccc([C@@H]2CCCO2)s1)N1CCOCC1. The normalized spacial score (nSPS) is 24.4. The molecule has 2 aliphatic heterocycles. The molecular formula is C13H17NO3S. The van der Waals surface area contributed by atoms with Gasteiger partial charge in [-0.3, -0.25) is 4.79 Å². The second-order valence-electron chi connectivity index (χ2n) is 4.61. The number of amides is 1. The number of thiophene rings is 1. The molecule has 0 spiro atoms. The standard InChI is InChI=1S/C13H17NO3S/c15-13(14-5-8-16-9-6-14)12-4-3-11(18-12)10-2-1-7-17-10/h3-4,10H,1-2,5-9H2/t10-/m0/s1. The molecule has 2 aliphatic rings. The van der Waals surface area contributed by atoms with Crippen LogP contribution < -0.4 is 0 Å². The second kappa shape index (κ2) is 5.38. The summed E-state index contributed by atoms with van der Waals surface area (Å²) in [7, 11) is 0. The molecule has 98 valence electrons. The molecule has 2 fully saturated rings. The van der Waals surface area contributed by atoms with Crippen molar-refractivity contribution in [1.82, 2.24) is 4.90 Å². The van der Waals surface area contributed by atoms with Crippen LogP contribution in [0.25, 0.3) is 0 Å². The summed E-state index contributed by atoms with van der Waals surface area (Å²) in [6.45, 7) is 3.54. The summed E-state index contributed by atoms with van der Waals surface area (Å²) in [6.07, 6.45) is 2.40. The van der Waals surface area contributed by atoms with E-state index < -0.39 is 0 Å². The van der Waals surface area contributed by atoms with E-state index in [0.29, 0.717) is 26.3 Å². The Morgan fingerprint density at radius 2 is 2.11 bits per heavy atom. The predicted octanol–water partition coefficient (Wildman–Crippen LogP) is 2.07. The van der Waals surface area contributed by atoms with Crippen LogP contribution in [0.4, 0.5) is 0 Å². The van der Waals surface area contributed by atoms with Gasteiger partial charge in [-0.25, -0.2) is 0 Å². The Labute approximate surface area is 110 Å². The largest absolute Gasteiger partial charge is 0.378 e. The zero-order chi connectivity index (χ0) is 12.4. The van der Waals surface area contributed by atoms with Crippen LogP contribution in [0.3, 0.4) is 0 Å². The second-order valence-corrected chi connectivity index (χ2v) is 5.72. The molecule has 1 aromatic heterocycles. The van der Waals surface area contributed by atoms with Crippen molar-refractivity contribution in [3.63, 3.8) is 0 Å². The van der Waals surface area contributed by atoms with Gasteiger partial charge in [-0.05, 0) is 25.0 Å². The van der Waals surface area contributed by atoms with Crippen molar-refractivity contribution in [2.75, 3.05) is 32.9 Å². The minimum atomic E-state index is 0.132. The van der Waals surface area contributed by atoms with E-state index >= 15 is 0 Å². The van der Waals surface area contributed by atoms with Crippen LogP contribution in [0.15, 0.2) is 12.1 Å². The Kier molecular flexibility index (Phi) is 3.63. The lowest BCUT2D eigenvalue weighted by molar-refractivity contribution is 0.0306. The highest BCUT2D eigenvalue weighted by atomic mass is 32.1. The van der Waals surface area contributed by atoms with Gasteiger partial charge in [-0.1, -0.05) is 0 Å². The molecule has 1 atom stereocenters. The number of ether oxygens (including phenoxy) is 2. The van der Waals surface area contributed by atoms with Gasteiger partial charge in [0.1, 0.15) is 0 Å². The predicted molar refractivity (Wildman–Crippen MR) is 69.0 cm³/mol. The van der Waals surface area contributed by atoms with Crippen LogP contribution in [0, 0.1) is 0 Å². The third-order valence-electron chi connectivity index (χ3n) is 3.38. The van der Waals surface area contributed by atoms with Crippen molar-refractivity contribution in [3.05, 3.63) is 21.9 Å². The fraction of sp³-hybridized carbons (Fsp3) is 0.615. The average molecular weight is 267 g/mol. The van der Waals surface area contributed by atoms with Crippen LogP contribution in [0.1, 0.15) is 33.5 Å². The molecule has 1 amide bonds. The van der Waals surface area contributed by atoms with Gasteiger partial charge in [0.15, 0.2) is 0 Å². The van der Waals surface area contributed by atoms with E-state index in [1.165, 1.54) is 4.88 Å². The van der Waals surface area contributed by atoms with E-state index in [0.717, 1.165) is 24.3 Å². The Morgan fingerprint density at radius 1 is 1.28 bits per heavy atom. The van der Waals surface area contributed by atoms with E-state index in [4.69, 9.17) is 9.47 Å². The maximum Gasteiger partial charge on any atom is 0.264 e. The van der Waals surface area contributed by atoms with Crippen molar-refractivity contribution in [1.29, 1.82) is 0 Å².